The van der Waals surface area contributed by atoms with E-state index in [4.69, 9.17) is 33.2 Å². The Morgan fingerprint density at radius 3 is 1.86 bits per heavy atom. The zero-order valence-electron chi connectivity index (χ0n) is 15.7. The molecule has 28 heavy (non-hydrogen) atoms. The van der Waals surface area contributed by atoms with E-state index in [0.717, 1.165) is 0 Å². The SMILES string of the molecule is CO[C@H]1CO[C@H]2[C@@H]1OC[C@@H]2OC(=O)CCCC(=O)O[C@H]1CO[C@H]2[C@@H]1OC[C@@H]2O. The first-order valence-electron chi connectivity index (χ1n) is 9.63. The molecule has 4 aliphatic rings. The van der Waals surface area contributed by atoms with Crippen molar-refractivity contribution < 1.29 is 47.9 Å². The summed E-state index contributed by atoms with van der Waals surface area (Å²) in [6.07, 6.45) is -2.72. The van der Waals surface area contributed by atoms with Gasteiger partial charge in [0, 0.05) is 20.0 Å². The molecule has 0 aromatic rings. The van der Waals surface area contributed by atoms with E-state index in [1.54, 1.807) is 7.11 Å². The first kappa shape index (κ1) is 20.0. The highest BCUT2D eigenvalue weighted by Crippen LogP contribution is 2.31. The molecule has 10 nitrogen and oxygen atoms in total. The largest absolute Gasteiger partial charge is 0.457 e. The highest BCUT2D eigenvalue weighted by atomic mass is 16.7. The normalized spacial score (nSPS) is 41.6. The van der Waals surface area contributed by atoms with Gasteiger partial charge in [-0.1, -0.05) is 0 Å². The quantitative estimate of drug-likeness (QED) is 0.528. The number of hydrogen-bond donors (Lipinski definition) is 1. The fourth-order valence-electron chi connectivity index (χ4n) is 4.11. The van der Waals surface area contributed by atoms with Crippen molar-refractivity contribution in [2.75, 3.05) is 33.5 Å². The van der Waals surface area contributed by atoms with Gasteiger partial charge < -0.3 is 38.3 Å². The van der Waals surface area contributed by atoms with Crippen molar-refractivity contribution in [1.82, 2.24) is 0 Å². The average molecular weight is 402 g/mol. The monoisotopic (exact) mass is 402 g/mol. The Labute approximate surface area is 162 Å². The van der Waals surface area contributed by atoms with Gasteiger partial charge in [-0.25, -0.2) is 0 Å². The van der Waals surface area contributed by atoms with E-state index in [0.29, 0.717) is 13.0 Å². The fourth-order valence-corrected chi connectivity index (χ4v) is 4.11. The first-order chi connectivity index (χ1) is 13.6. The Balaban J connectivity index is 1.14. The summed E-state index contributed by atoms with van der Waals surface area (Å²) >= 11 is 0. The van der Waals surface area contributed by atoms with E-state index >= 15 is 0 Å². The molecule has 4 saturated heterocycles. The minimum Gasteiger partial charge on any atom is -0.457 e. The van der Waals surface area contributed by atoms with Crippen molar-refractivity contribution in [3.05, 3.63) is 0 Å². The zero-order chi connectivity index (χ0) is 19.7. The topological polar surface area (TPSA) is 119 Å². The van der Waals surface area contributed by atoms with Crippen LogP contribution in [0, 0.1) is 0 Å². The summed E-state index contributed by atoms with van der Waals surface area (Å²) in [4.78, 5) is 24.1. The van der Waals surface area contributed by atoms with E-state index in [2.05, 4.69) is 0 Å². The van der Waals surface area contributed by atoms with E-state index < -0.39 is 42.5 Å². The molecule has 10 heteroatoms. The van der Waals surface area contributed by atoms with E-state index in [-0.39, 0.29) is 51.0 Å². The maximum Gasteiger partial charge on any atom is 0.306 e. The maximum absolute atomic E-state index is 12.1. The van der Waals surface area contributed by atoms with Crippen LogP contribution in [0.4, 0.5) is 0 Å². The van der Waals surface area contributed by atoms with Crippen molar-refractivity contribution in [2.45, 2.75) is 68.1 Å². The molecule has 0 saturated carbocycles. The van der Waals surface area contributed by atoms with E-state index in [1.165, 1.54) is 0 Å². The van der Waals surface area contributed by atoms with E-state index in [1.807, 2.05) is 0 Å². The summed E-state index contributed by atoms with van der Waals surface area (Å²) in [6.45, 7) is 1.07. The Morgan fingerprint density at radius 1 is 0.786 bits per heavy atom. The first-order valence-corrected chi connectivity index (χ1v) is 9.63. The fraction of sp³-hybridized carbons (Fsp3) is 0.889. The minimum absolute atomic E-state index is 0.0843. The molecule has 4 fully saturated rings. The Hall–Kier alpha value is -1.30. The second-order valence-corrected chi connectivity index (χ2v) is 7.44. The molecule has 4 aliphatic heterocycles. The smallest absolute Gasteiger partial charge is 0.306 e. The summed E-state index contributed by atoms with van der Waals surface area (Å²) in [6, 6.07) is 0. The molecule has 158 valence electrons. The Bertz CT molecular complexity index is 583. The minimum atomic E-state index is -0.689. The maximum atomic E-state index is 12.1. The molecule has 0 aromatic heterocycles. The van der Waals surface area contributed by atoms with Crippen molar-refractivity contribution in [3.8, 4) is 0 Å². The lowest BCUT2D eigenvalue weighted by Crippen LogP contribution is -2.35. The molecule has 0 radical (unpaired) electrons. The lowest BCUT2D eigenvalue weighted by Gasteiger charge is -2.17. The number of methoxy groups -OCH3 is 1. The van der Waals surface area contributed by atoms with Crippen molar-refractivity contribution >= 4 is 11.9 Å². The molecule has 0 bridgehead atoms. The van der Waals surface area contributed by atoms with Crippen LogP contribution in [0.3, 0.4) is 0 Å². The van der Waals surface area contributed by atoms with Crippen LogP contribution in [-0.4, -0.2) is 99.4 Å². The van der Waals surface area contributed by atoms with Crippen LogP contribution < -0.4 is 0 Å². The molecular formula is C18H26O10. The van der Waals surface area contributed by atoms with Gasteiger partial charge in [-0.05, 0) is 6.42 Å². The molecule has 0 aliphatic carbocycles. The highest BCUT2D eigenvalue weighted by molar-refractivity contribution is 5.72. The molecule has 4 heterocycles. The van der Waals surface area contributed by atoms with Crippen LogP contribution in [0.2, 0.25) is 0 Å². The van der Waals surface area contributed by atoms with Crippen LogP contribution in [-0.2, 0) is 42.7 Å². The van der Waals surface area contributed by atoms with Crippen LogP contribution in [0.5, 0.6) is 0 Å². The van der Waals surface area contributed by atoms with Crippen LogP contribution >= 0.6 is 0 Å². The van der Waals surface area contributed by atoms with E-state index in [9.17, 15) is 14.7 Å². The number of carbonyl (C=O) groups excluding carboxylic acids is 2. The number of carbonyl (C=O) groups is 2. The van der Waals surface area contributed by atoms with Crippen molar-refractivity contribution in [2.24, 2.45) is 0 Å². The summed E-state index contributed by atoms with van der Waals surface area (Å²) in [5.74, 6) is -0.837. The van der Waals surface area contributed by atoms with Gasteiger partial charge in [0.2, 0.25) is 0 Å². The zero-order valence-corrected chi connectivity index (χ0v) is 15.7. The molecule has 0 unspecified atom stereocenters. The summed E-state index contributed by atoms with van der Waals surface area (Å²) in [5, 5.41) is 9.69. The number of aliphatic hydroxyl groups is 1. The van der Waals surface area contributed by atoms with Crippen molar-refractivity contribution in [1.29, 1.82) is 0 Å². The van der Waals surface area contributed by atoms with Gasteiger partial charge in [0.25, 0.3) is 0 Å². The second-order valence-electron chi connectivity index (χ2n) is 7.44. The number of esters is 2. The van der Waals surface area contributed by atoms with Gasteiger partial charge >= 0.3 is 11.9 Å². The van der Waals surface area contributed by atoms with Gasteiger partial charge in [0.1, 0.15) is 36.6 Å². The third kappa shape index (κ3) is 4.03. The predicted molar refractivity (Wildman–Crippen MR) is 89.4 cm³/mol. The van der Waals surface area contributed by atoms with Gasteiger partial charge in [0.05, 0.1) is 26.4 Å². The predicted octanol–water partition coefficient (Wildman–Crippen LogP) is -1.05. The number of aliphatic hydroxyl groups excluding tert-OH is 1. The molecule has 0 amide bonds. The van der Waals surface area contributed by atoms with Gasteiger partial charge in [0.15, 0.2) is 12.2 Å². The Kier molecular flexibility index (Phi) is 6.14. The number of hydrogen-bond acceptors (Lipinski definition) is 10. The highest BCUT2D eigenvalue weighted by Gasteiger charge is 2.50. The van der Waals surface area contributed by atoms with Crippen LogP contribution in [0.15, 0.2) is 0 Å². The summed E-state index contributed by atoms with van der Waals surface area (Å²) < 4.78 is 38.1. The number of rotatable bonds is 7. The molecule has 8 atom stereocenters. The van der Waals surface area contributed by atoms with Crippen molar-refractivity contribution in [3.63, 3.8) is 0 Å². The molecule has 4 rings (SSSR count). The molecular weight excluding hydrogens is 376 g/mol. The Morgan fingerprint density at radius 2 is 1.25 bits per heavy atom. The van der Waals surface area contributed by atoms with Gasteiger partial charge in [-0.3, -0.25) is 9.59 Å². The molecule has 1 N–H and O–H groups in total. The van der Waals surface area contributed by atoms with Gasteiger partial charge in [-0.2, -0.15) is 0 Å². The third-order valence-corrected chi connectivity index (χ3v) is 5.57. The summed E-state index contributed by atoms with van der Waals surface area (Å²) in [7, 11) is 1.59. The lowest BCUT2D eigenvalue weighted by atomic mass is 10.1. The lowest BCUT2D eigenvalue weighted by molar-refractivity contribution is -0.155. The number of fused-ring (bicyclic) bond motifs is 2. The van der Waals surface area contributed by atoms with Crippen LogP contribution in [0.1, 0.15) is 19.3 Å². The molecule has 0 spiro atoms. The number of ether oxygens (including phenoxy) is 7. The van der Waals surface area contributed by atoms with Crippen LogP contribution in [0.25, 0.3) is 0 Å². The second kappa shape index (κ2) is 8.60. The standard InChI is InChI=1S/C18H26O10/c1-22-10-6-25-18-12(8-26-16(10)18)28-14(21)4-2-3-13(20)27-11-7-24-15-9(19)5-23-17(11)15/h9-12,15-19H,2-8H2,1H3/t9-,10-,11-,12-,15+,16+,17+,18+/m0/s1. The summed E-state index contributed by atoms with van der Waals surface area (Å²) in [5.41, 5.74) is 0. The average Bonchev–Trinajstić information content (AvgIpc) is 3.41. The molecule has 0 aromatic carbocycles. The van der Waals surface area contributed by atoms with Gasteiger partial charge in [-0.15, -0.1) is 0 Å². The third-order valence-electron chi connectivity index (χ3n) is 5.57.